The van der Waals surface area contributed by atoms with Crippen LogP contribution in [0.2, 0.25) is 0 Å². The predicted molar refractivity (Wildman–Crippen MR) is 67.2 cm³/mol. The molecule has 0 saturated carbocycles. The van der Waals surface area contributed by atoms with Gasteiger partial charge in [0.05, 0.1) is 6.57 Å². The number of anilines is 2. The van der Waals surface area contributed by atoms with Gasteiger partial charge in [0.2, 0.25) is 0 Å². The van der Waals surface area contributed by atoms with Gasteiger partial charge >= 0.3 is 0 Å². The average molecular weight is 208 g/mol. The van der Waals surface area contributed by atoms with Crippen LogP contribution in [0.15, 0.2) is 48.5 Å². The van der Waals surface area contributed by atoms with E-state index in [0.717, 1.165) is 11.4 Å². The van der Waals surface area contributed by atoms with Crippen molar-refractivity contribution in [1.29, 1.82) is 0 Å². The Morgan fingerprint density at radius 2 is 1.69 bits per heavy atom. The van der Waals surface area contributed by atoms with Crippen LogP contribution in [0.5, 0.6) is 0 Å². The van der Waals surface area contributed by atoms with Gasteiger partial charge in [-0.3, -0.25) is 0 Å². The highest BCUT2D eigenvalue weighted by atomic mass is 14.9. The molecule has 0 spiro atoms. The second-order valence-corrected chi connectivity index (χ2v) is 3.60. The fraction of sp³-hybridized carbons (Fsp3) is 0.0714. The third kappa shape index (κ3) is 2.21. The van der Waals surface area contributed by atoms with Crippen molar-refractivity contribution in [2.24, 2.45) is 0 Å². The Bertz CT molecular complexity index is 521. The molecule has 1 N–H and O–H groups in total. The first kappa shape index (κ1) is 10.3. The van der Waals surface area contributed by atoms with Crippen molar-refractivity contribution in [3.05, 3.63) is 65.5 Å². The second kappa shape index (κ2) is 4.50. The molecule has 2 aromatic rings. The van der Waals surface area contributed by atoms with Crippen molar-refractivity contribution < 1.29 is 0 Å². The molecule has 0 bridgehead atoms. The van der Waals surface area contributed by atoms with E-state index in [2.05, 4.69) is 23.2 Å². The summed E-state index contributed by atoms with van der Waals surface area (Å²) in [4.78, 5) is 3.36. The van der Waals surface area contributed by atoms with E-state index in [4.69, 9.17) is 6.57 Å². The largest absolute Gasteiger partial charge is 0.355 e. The molecule has 0 aliphatic heterocycles. The third-order valence-corrected chi connectivity index (χ3v) is 2.42. The zero-order valence-corrected chi connectivity index (χ0v) is 9.07. The van der Waals surface area contributed by atoms with E-state index >= 15 is 0 Å². The van der Waals surface area contributed by atoms with Gasteiger partial charge in [0, 0.05) is 11.4 Å². The fourth-order valence-corrected chi connectivity index (χ4v) is 1.49. The Morgan fingerprint density at radius 3 is 2.31 bits per heavy atom. The topological polar surface area (TPSA) is 16.4 Å². The molecule has 2 aromatic carbocycles. The lowest BCUT2D eigenvalue weighted by atomic mass is 10.2. The highest BCUT2D eigenvalue weighted by Gasteiger charge is 1.97. The van der Waals surface area contributed by atoms with Gasteiger partial charge < -0.3 is 5.32 Å². The highest BCUT2D eigenvalue weighted by Crippen LogP contribution is 2.22. The van der Waals surface area contributed by atoms with Gasteiger partial charge in [0.15, 0.2) is 5.69 Å². The highest BCUT2D eigenvalue weighted by molar-refractivity contribution is 5.64. The number of para-hydroxylation sites is 1. The minimum Gasteiger partial charge on any atom is -0.355 e. The molecule has 2 heteroatoms. The van der Waals surface area contributed by atoms with Crippen LogP contribution in [0.3, 0.4) is 0 Å². The summed E-state index contributed by atoms with van der Waals surface area (Å²) >= 11 is 0. The number of benzene rings is 2. The van der Waals surface area contributed by atoms with Crippen LogP contribution in [-0.4, -0.2) is 0 Å². The first-order chi connectivity index (χ1) is 7.79. The molecule has 0 amide bonds. The van der Waals surface area contributed by atoms with E-state index in [0.29, 0.717) is 5.69 Å². The van der Waals surface area contributed by atoms with Gasteiger partial charge in [-0.15, -0.1) is 0 Å². The molecule has 0 aliphatic carbocycles. The van der Waals surface area contributed by atoms with Gasteiger partial charge in [-0.25, -0.2) is 4.85 Å². The van der Waals surface area contributed by atoms with E-state index in [1.807, 2.05) is 42.5 Å². The van der Waals surface area contributed by atoms with E-state index in [1.54, 1.807) is 0 Å². The summed E-state index contributed by atoms with van der Waals surface area (Å²) < 4.78 is 0. The van der Waals surface area contributed by atoms with Crippen LogP contribution in [0, 0.1) is 13.5 Å². The fourth-order valence-electron chi connectivity index (χ4n) is 1.49. The molecule has 0 fully saturated rings. The van der Waals surface area contributed by atoms with Crippen molar-refractivity contribution >= 4 is 17.1 Å². The summed E-state index contributed by atoms with van der Waals surface area (Å²) in [7, 11) is 0. The van der Waals surface area contributed by atoms with Crippen molar-refractivity contribution in [2.45, 2.75) is 6.92 Å². The second-order valence-electron chi connectivity index (χ2n) is 3.60. The third-order valence-electron chi connectivity index (χ3n) is 2.42. The quantitative estimate of drug-likeness (QED) is 0.728. The molecule has 2 nitrogen and oxygen atoms in total. The summed E-state index contributed by atoms with van der Waals surface area (Å²) in [5.74, 6) is 0. The van der Waals surface area contributed by atoms with Gasteiger partial charge in [-0.2, -0.15) is 0 Å². The zero-order valence-electron chi connectivity index (χ0n) is 9.07. The molecule has 0 unspecified atom stereocenters. The number of aryl methyl sites for hydroxylation is 1. The van der Waals surface area contributed by atoms with Gasteiger partial charge in [-0.1, -0.05) is 30.3 Å². The minimum absolute atomic E-state index is 0.662. The average Bonchev–Trinajstić information content (AvgIpc) is 2.33. The van der Waals surface area contributed by atoms with Crippen molar-refractivity contribution in [3.8, 4) is 0 Å². The van der Waals surface area contributed by atoms with E-state index in [9.17, 15) is 0 Å². The maximum absolute atomic E-state index is 6.87. The zero-order chi connectivity index (χ0) is 11.4. The predicted octanol–water partition coefficient (Wildman–Crippen LogP) is 4.29. The summed E-state index contributed by atoms with van der Waals surface area (Å²) in [5.41, 5.74) is 3.96. The number of hydrogen-bond donors (Lipinski definition) is 1. The summed E-state index contributed by atoms with van der Waals surface area (Å²) in [6.07, 6.45) is 0. The van der Waals surface area contributed by atoms with Crippen molar-refractivity contribution in [2.75, 3.05) is 5.32 Å². The normalized spacial score (nSPS) is 9.50. The Kier molecular flexibility index (Phi) is 2.88. The molecule has 78 valence electrons. The van der Waals surface area contributed by atoms with Crippen LogP contribution in [0.1, 0.15) is 5.56 Å². The summed E-state index contributed by atoms with van der Waals surface area (Å²) in [6, 6.07) is 15.6. The first-order valence-corrected chi connectivity index (χ1v) is 5.10. The minimum atomic E-state index is 0.662. The number of hydrogen-bond acceptors (Lipinski definition) is 1. The summed E-state index contributed by atoms with van der Waals surface area (Å²) in [6.45, 7) is 8.94. The molecule has 0 radical (unpaired) electrons. The Morgan fingerprint density at radius 1 is 1.00 bits per heavy atom. The van der Waals surface area contributed by atoms with Crippen LogP contribution < -0.4 is 5.32 Å². The van der Waals surface area contributed by atoms with E-state index in [-0.39, 0.29) is 0 Å². The van der Waals surface area contributed by atoms with Gasteiger partial charge in [-0.05, 0) is 30.7 Å². The summed E-state index contributed by atoms with van der Waals surface area (Å²) in [5, 5.41) is 3.32. The Labute approximate surface area is 95.4 Å². The van der Waals surface area contributed by atoms with Gasteiger partial charge in [0.25, 0.3) is 0 Å². The van der Waals surface area contributed by atoms with Crippen molar-refractivity contribution in [1.82, 2.24) is 0 Å². The molecule has 0 aliphatic rings. The SMILES string of the molecule is [C-]#[N+]c1ccc(Nc2ccccc2C)cc1. The molecule has 0 heterocycles. The lowest BCUT2D eigenvalue weighted by Gasteiger charge is -2.08. The van der Waals surface area contributed by atoms with E-state index < -0.39 is 0 Å². The number of rotatable bonds is 2. The molecule has 0 saturated heterocycles. The lowest BCUT2D eigenvalue weighted by Crippen LogP contribution is -1.91. The van der Waals surface area contributed by atoms with Crippen molar-refractivity contribution in [3.63, 3.8) is 0 Å². The molecule has 2 rings (SSSR count). The van der Waals surface area contributed by atoms with Crippen LogP contribution in [0.25, 0.3) is 4.85 Å². The lowest BCUT2D eigenvalue weighted by molar-refractivity contribution is 1.43. The maximum Gasteiger partial charge on any atom is 0.187 e. The molecule has 0 atom stereocenters. The maximum atomic E-state index is 6.87. The Balaban J connectivity index is 2.22. The standard InChI is InChI=1S/C14H12N2/c1-11-5-3-4-6-14(11)16-13-9-7-12(15-2)8-10-13/h3-10,16H,1H3. The molecular weight excluding hydrogens is 196 g/mol. The number of nitrogens with zero attached hydrogens (tertiary/aromatic N) is 1. The van der Waals surface area contributed by atoms with Crippen LogP contribution in [-0.2, 0) is 0 Å². The Hall–Kier alpha value is -2.27. The van der Waals surface area contributed by atoms with Gasteiger partial charge in [0.1, 0.15) is 0 Å². The van der Waals surface area contributed by atoms with Crippen LogP contribution in [0.4, 0.5) is 17.1 Å². The first-order valence-electron chi connectivity index (χ1n) is 5.10. The monoisotopic (exact) mass is 208 g/mol. The molecular formula is C14H12N2. The molecule has 0 aromatic heterocycles. The smallest absolute Gasteiger partial charge is 0.187 e. The van der Waals surface area contributed by atoms with E-state index in [1.165, 1.54) is 5.56 Å². The molecule has 16 heavy (non-hydrogen) atoms. The van der Waals surface area contributed by atoms with Crippen LogP contribution >= 0.6 is 0 Å². The number of nitrogens with one attached hydrogen (secondary N) is 1.